The van der Waals surface area contributed by atoms with E-state index in [2.05, 4.69) is 15.5 Å². The van der Waals surface area contributed by atoms with Crippen LogP contribution in [-0.4, -0.2) is 22.7 Å². The Bertz CT molecular complexity index is 1320. The number of furan rings is 1. The number of para-hydroxylation sites is 1. The van der Waals surface area contributed by atoms with Gasteiger partial charge < -0.3 is 14.6 Å². The molecule has 0 aliphatic carbocycles. The Hall–Kier alpha value is -4.46. The van der Waals surface area contributed by atoms with Crippen LogP contribution in [0.25, 0.3) is 23.1 Å². The zero-order valence-electron chi connectivity index (χ0n) is 17.5. The summed E-state index contributed by atoms with van der Waals surface area (Å²) in [4.78, 5) is 19.7. The number of rotatable bonds is 7. The third-order valence-electron chi connectivity index (χ3n) is 4.76. The molecule has 0 amide bonds. The maximum Gasteiger partial charge on any atom is 0.433 e. The molecule has 0 spiro atoms. The van der Waals surface area contributed by atoms with E-state index < -0.39 is 4.92 Å². The second-order valence-electron chi connectivity index (χ2n) is 6.94. The molecule has 0 atom stereocenters. The molecule has 1 N–H and O–H groups in total. The van der Waals surface area contributed by atoms with Gasteiger partial charge in [-0.05, 0) is 55.0 Å². The highest BCUT2D eigenvalue weighted by atomic mass is 16.6. The van der Waals surface area contributed by atoms with Crippen molar-refractivity contribution < 1.29 is 14.2 Å². The van der Waals surface area contributed by atoms with E-state index in [1.165, 1.54) is 13.2 Å². The largest absolute Gasteiger partial charge is 0.433 e. The molecule has 0 saturated carbocycles. The fraction of sp³-hybridized carbons (Fsp3) is 0.0833. The molecular weight excluding hydrogens is 408 g/mol. The molecule has 0 aliphatic rings. The van der Waals surface area contributed by atoms with Crippen molar-refractivity contribution in [3.05, 3.63) is 93.9 Å². The van der Waals surface area contributed by atoms with Gasteiger partial charge in [-0.25, -0.2) is 4.98 Å². The first-order valence-corrected chi connectivity index (χ1v) is 9.81. The minimum atomic E-state index is -0.568. The monoisotopic (exact) mass is 428 g/mol. The highest BCUT2D eigenvalue weighted by Crippen LogP contribution is 2.28. The molecule has 2 aromatic heterocycles. The molecule has 0 radical (unpaired) electrons. The zero-order chi connectivity index (χ0) is 22.5. The van der Waals surface area contributed by atoms with Crippen molar-refractivity contribution in [3.63, 3.8) is 0 Å². The van der Waals surface area contributed by atoms with Crippen molar-refractivity contribution in [2.45, 2.75) is 6.92 Å². The van der Waals surface area contributed by atoms with E-state index in [0.717, 1.165) is 33.6 Å². The topological polar surface area (TPSA) is 103 Å². The summed E-state index contributed by atoms with van der Waals surface area (Å²) in [5.74, 6) is 0.0811. The molecule has 4 aromatic rings. The predicted molar refractivity (Wildman–Crippen MR) is 125 cm³/mol. The fourth-order valence-corrected chi connectivity index (χ4v) is 3.22. The van der Waals surface area contributed by atoms with Crippen LogP contribution in [0.1, 0.15) is 23.9 Å². The van der Waals surface area contributed by atoms with Crippen molar-refractivity contribution in [2.24, 2.45) is 5.16 Å². The van der Waals surface area contributed by atoms with Gasteiger partial charge in [-0.15, -0.1) is 0 Å². The van der Waals surface area contributed by atoms with Crippen molar-refractivity contribution in [1.29, 1.82) is 0 Å². The maximum atomic E-state index is 10.8. The Morgan fingerprint density at radius 2 is 1.91 bits per heavy atom. The Morgan fingerprint density at radius 1 is 1.12 bits per heavy atom. The van der Waals surface area contributed by atoms with Gasteiger partial charge in [0, 0.05) is 11.1 Å². The van der Waals surface area contributed by atoms with E-state index in [-0.39, 0.29) is 5.88 Å². The lowest BCUT2D eigenvalue weighted by molar-refractivity contribution is -0.402. The number of nitrogens with zero attached hydrogens (tertiary/aromatic N) is 3. The van der Waals surface area contributed by atoms with Crippen molar-refractivity contribution in [1.82, 2.24) is 4.98 Å². The van der Waals surface area contributed by atoms with Crippen LogP contribution in [-0.2, 0) is 4.84 Å². The Morgan fingerprint density at radius 3 is 2.62 bits per heavy atom. The van der Waals surface area contributed by atoms with E-state index in [1.807, 2.05) is 61.5 Å². The second-order valence-corrected chi connectivity index (χ2v) is 6.94. The van der Waals surface area contributed by atoms with E-state index in [0.29, 0.717) is 11.5 Å². The van der Waals surface area contributed by atoms with Crippen LogP contribution in [0, 0.1) is 10.1 Å². The molecule has 0 aliphatic heterocycles. The second kappa shape index (κ2) is 9.13. The van der Waals surface area contributed by atoms with Gasteiger partial charge in [-0.1, -0.05) is 35.5 Å². The number of hydrogen-bond acceptors (Lipinski definition) is 7. The van der Waals surface area contributed by atoms with Crippen LogP contribution in [0.3, 0.4) is 0 Å². The molecule has 4 rings (SSSR count). The average molecular weight is 428 g/mol. The summed E-state index contributed by atoms with van der Waals surface area (Å²) in [5.41, 5.74) is 5.06. The number of anilines is 2. The molecule has 8 heteroatoms. The molecule has 0 fully saturated rings. The highest BCUT2D eigenvalue weighted by molar-refractivity contribution is 5.99. The number of fused-ring (bicyclic) bond motifs is 1. The number of oxime groups is 1. The number of aromatic nitrogens is 1. The van der Waals surface area contributed by atoms with Gasteiger partial charge in [-0.3, -0.25) is 10.1 Å². The summed E-state index contributed by atoms with van der Waals surface area (Å²) in [6, 6.07) is 20.5. The molecule has 8 nitrogen and oxygen atoms in total. The Kier molecular flexibility index (Phi) is 5.94. The third kappa shape index (κ3) is 4.65. The smallest absolute Gasteiger partial charge is 0.401 e. The molecule has 32 heavy (non-hydrogen) atoms. The van der Waals surface area contributed by atoms with Crippen LogP contribution >= 0.6 is 0 Å². The quantitative estimate of drug-likeness (QED) is 0.219. The predicted octanol–water partition coefficient (Wildman–Crippen LogP) is 6.02. The lowest BCUT2D eigenvalue weighted by atomic mass is 10.1. The lowest BCUT2D eigenvalue weighted by Gasteiger charge is -2.11. The van der Waals surface area contributed by atoms with E-state index in [9.17, 15) is 10.1 Å². The molecule has 160 valence electrons. The highest BCUT2D eigenvalue weighted by Gasteiger charge is 2.10. The number of benzene rings is 2. The van der Waals surface area contributed by atoms with Crippen LogP contribution in [0.4, 0.5) is 17.3 Å². The number of pyridine rings is 1. The van der Waals surface area contributed by atoms with Gasteiger partial charge in [0.25, 0.3) is 0 Å². The average Bonchev–Trinajstić information content (AvgIpc) is 3.28. The molecule has 0 bridgehead atoms. The van der Waals surface area contributed by atoms with E-state index in [1.54, 1.807) is 18.2 Å². The van der Waals surface area contributed by atoms with Crippen molar-refractivity contribution >= 4 is 46.0 Å². The Labute approximate surface area is 184 Å². The van der Waals surface area contributed by atoms with Gasteiger partial charge in [-0.2, -0.15) is 0 Å². The summed E-state index contributed by atoms with van der Waals surface area (Å²) >= 11 is 0. The van der Waals surface area contributed by atoms with E-state index in [4.69, 9.17) is 9.25 Å². The van der Waals surface area contributed by atoms with E-state index >= 15 is 0 Å². The standard InChI is InChI=1S/C24H20N4O4/c1-16(27-31-2)17-7-9-18(10-8-17)25-23-15-19(26-22-6-4-3-5-21(22)23)11-12-20-13-14-24(32-20)28(29)30/h3-15H,1-2H3,(H,25,26)/b12-11+,27-16+. The van der Waals surface area contributed by atoms with Gasteiger partial charge in [0.05, 0.1) is 28.7 Å². The van der Waals surface area contributed by atoms with Gasteiger partial charge in [0.1, 0.15) is 17.8 Å². The minimum absolute atomic E-state index is 0.298. The summed E-state index contributed by atoms with van der Waals surface area (Å²) in [6.45, 7) is 1.88. The van der Waals surface area contributed by atoms with Crippen LogP contribution in [0.2, 0.25) is 0 Å². The summed E-state index contributed by atoms with van der Waals surface area (Å²) in [7, 11) is 1.52. The number of nitro groups is 1. The number of nitrogens with one attached hydrogen (secondary N) is 1. The zero-order valence-corrected chi connectivity index (χ0v) is 17.5. The SMILES string of the molecule is CO/N=C(\C)c1ccc(Nc2cc(/C=C/c3ccc([N+](=O)[O-])o3)nc3ccccc23)cc1. The fourth-order valence-electron chi connectivity index (χ4n) is 3.22. The molecule has 0 saturated heterocycles. The third-order valence-corrected chi connectivity index (χ3v) is 4.76. The molecule has 2 heterocycles. The molecular formula is C24H20N4O4. The van der Waals surface area contributed by atoms with Crippen LogP contribution in [0.5, 0.6) is 0 Å². The molecule has 0 unspecified atom stereocenters. The van der Waals surface area contributed by atoms with Crippen LogP contribution < -0.4 is 5.32 Å². The molecule has 2 aromatic carbocycles. The summed E-state index contributed by atoms with van der Waals surface area (Å²) in [5, 5.41) is 19.2. The Balaban J connectivity index is 1.64. The minimum Gasteiger partial charge on any atom is -0.401 e. The summed E-state index contributed by atoms with van der Waals surface area (Å²) in [6.07, 6.45) is 3.41. The first-order chi connectivity index (χ1) is 15.5. The lowest BCUT2D eigenvalue weighted by Crippen LogP contribution is -1.97. The van der Waals surface area contributed by atoms with Crippen molar-refractivity contribution in [3.8, 4) is 0 Å². The number of hydrogen-bond donors (Lipinski definition) is 1. The van der Waals surface area contributed by atoms with Crippen molar-refractivity contribution in [2.75, 3.05) is 12.4 Å². The van der Waals surface area contributed by atoms with Gasteiger partial charge in [0.15, 0.2) is 0 Å². The first kappa shape index (κ1) is 20.8. The summed E-state index contributed by atoms with van der Waals surface area (Å²) < 4.78 is 5.18. The normalized spacial score (nSPS) is 11.8. The first-order valence-electron chi connectivity index (χ1n) is 9.81. The van der Waals surface area contributed by atoms with Gasteiger partial charge >= 0.3 is 5.88 Å². The maximum absolute atomic E-state index is 10.8. The van der Waals surface area contributed by atoms with Gasteiger partial charge in [0.2, 0.25) is 0 Å². The van der Waals surface area contributed by atoms with Crippen LogP contribution in [0.15, 0.2) is 76.3 Å².